The number of nitrogens with one attached hydrogen (secondary N) is 1. The topological polar surface area (TPSA) is 104 Å². The molecule has 0 radical (unpaired) electrons. The largest absolute Gasteiger partial charge is 0.477 e. The second-order valence-corrected chi connectivity index (χ2v) is 6.87. The minimum absolute atomic E-state index is 0.00332. The lowest BCUT2D eigenvalue weighted by molar-refractivity contribution is 0.0695. The highest BCUT2D eigenvalue weighted by Crippen LogP contribution is 2.25. The number of nitrogens with two attached hydrogens (primary N) is 1. The predicted octanol–water partition coefficient (Wildman–Crippen LogP) is 1.65. The number of para-hydroxylation sites is 1. The van der Waals surface area contributed by atoms with Crippen LogP contribution < -0.4 is 16.7 Å². The van der Waals surface area contributed by atoms with Crippen LogP contribution in [0.25, 0.3) is 16.6 Å². The number of fused-ring (bicyclic) bond motifs is 1. The van der Waals surface area contributed by atoms with Gasteiger partial charge in [-0.25, -0.2) is 19.2 Å². The van der Waals surface area contributed by atoms with Crippen LogP contribution in [0, 0.1) is 5.82 Å². The van der Waals surface area contributed by atoms with Gasteiger partial charge in [0.1, 0.15) is 11.4 Å². The third-order valence-electron chi connectivity index (χ3n) is 4.95. The van der Waals surface area contributed by atoms with Crippen molar-refractivity contribution in [1.82, 2.24) is 14.6 Å². The molecule has 8 nitrogen and oxygen atoms in total. The van der Waals surface area contributed by atoms with E-state index in [0.717, 1.165) is 6.07 Å². The van der Waals surface area contributed by atoms with Crippen molar-refractivity contribution in [3.05, 3.63) is 70.3 Å². The quantitative estimate of drug-likeness (QED) is 0.575. The third kappa shape index (κ3) is 3.70. The molecule has 0 amide bonds. The minimum Gasteiger partial charge on any atom is -0.477 e. The van der Waals surface area contributed by atoms with Gasteiger partial charge >= 0.3 is 5.97 Å². The number of hydrazine groups is 2. The van der Waals surface area contributed by atoms with Crippen molar-refractivity contribution in [3.8, 4) is 5.69 Å². The molecule has 3 aromatic rings. The number of aromatic carboxylic acids is 1. The van der Waals surface area contributed by atoms with Gasteiger partial charge in [0.2, 0.25) is 5.43 Å². The fraction of sp³-hybridized carbons (Fsp3) is 0.200. The van der Waals surface area contributed by atoms with Crippen LogP contribution in [0.1, 0.15) is 10.4 Å². The Morgan fingerprint density at radius 3 is 2.45 bits per heavy atom. The van der Waals surface area contributed by atoms with Gasteiger partial charge in [0.15, 0.2) is 0 Å². The smallest absolute Gasteiger partial charge is 0.341 e. The van der Waals surface area contributed by atoms with Gasteiger partial charge in [-0.15, -0.1) is 0 Å². The molecule has 1 aliphatic heterocycles. The first kappa shape index (κ1) is 19.1. The van der Waals surface area contributed by atoms with Crippen molar-refractivity contribution in [3.63, 3.8) is 0 Å². The molecule has 1 aromatic heterocycles. The highest BCUT2D eigenvalue weighted by atomic mass is 19.1. The average molecular weight is 397 g/mol. The summed E-state index contributed by atoms with van der Waals surface area (Å²) in [6.45, 7) is 2.49. The normalized spacial score (nSPS) is 15.5. The molecule has 0 bridgehead atoms. The maximum atomic E-state index is 14.8. The summed E-state index contributed by atoms with van der Waals surface area (Å²) in [5.74, 6) is 3.76. The molecule has 0 unspecified atom stereocenters. The maximum absolute atomic E-state index is 14.8. The van der Waals surface area contributed by atoms with Gasteiger partial charge in [-0.3, -0.25) is 10.6 Å². The molecular weight excluding hydrogens is 377 g/mol. The van der Waals surface area contributed by atoms with E-state index in [0.29, 0.717) is 37.4 Å². The lowest BCUT2D eigenvalue weighted by Gasteiger charge is -2.32. The number of nitrogens with zero attached hydrogens (tertiary/aromatic N) is 3. The minimum atomic E-state index is -1.36. The number of piperazine rings is 1. The summed E-state index contributed by atoms with van der Waals surface area (Å²) in [7, 11) is 0. The summed E-state index contributed by atoms with van der Waals surface area (Å²) >= 11 is 0. The van der Waals surface area contributed by atoms with Crippen LogP contribution in [0.3, 0.4) is 0 Å². The molecule has 1 aliphatic rings. The highest BCUT2D eigenvalue weighted by Gasteiger charge is 2.20. The Balaban J connectivity index is 1.87. The molecule has 0 saturated carbocycles. The first-order valence-corrected chi connectivity index (χ1v) is 9.13. The zero-order valence-corrected chi connectivity index (χ0v) is 15.5. The summed E-state index contributed by atoms with van der Waals surface area (Å²) in [6, 6.07) is 11.6. The lowest BCUT2D eigenvalue weighted by Crippen LogP contribution is -2.51. The van der Waals surface area contributed by atoms with Gasteiger partial charge in [0, 0.05) is 43.4 Å². The molecule has 2 heterocycles. The molecular formula is C20H20FN5O3. The van der Waals surface area contributed by atoms with Crippen LogP contribution in [0.5, 0.6) is 0 Å². The van der Waals surface area contributed by atoms with Gasteiger partial charge in [-0.1, -0.05) is 18.2 Å². The summed E-state index contributed by atoms with van der Waals surface area (Å²) in [5.41, 5.74) is 3.18. The van der Waals surface area contributed by atoms with E-state index >= 15 is 0 Å². The Morgan fingerprint density at radius 1 is 1.10 bits per heavy atom. The Morgan fingerprint density at radius 2 is 1.79 bits per heavy atom. The monoisotopic (exact) mass is 397 g/mol. The van der Waals surface area contributed by atoms with E-state index in [-0.39, 0.29) is 11.1 Å². The molecule has 0 spiro atoms. The lowest BCUT2D eigenvalue weighted by atomic mass is 10.1. The number of benzene rings is 2. The molecule has 0 atom stereocenters. The zero-order chi connectivity index (χ0) is 20.5. The van der Waals surface area contributed by atoms with E-state index in [1.54, 1.807) is 33.8 Å². The van der Waals surface area contributed by atoms with E-state index in [1.807, 2.05) is 11.1 Å². The summed E-state index contributed by atoms with van der Waals surface area (Å²) in [5, 5.41) is 13.0. The van der Waals surface area contributed by atoms with Gasteiger partial charge in [-0.05, 0) is 24.3 Å². The Labute approximate surface area is 165 Å². The van der Waals surface area contributed by atoms with E-state index < -0.39 is 22.8 Å². The SMILES string of the molecule is NN1CCN(Nc2cc3c(cc2F)c(=O)c(C(=O)O)cn3-c2ccccc2)CC1. The van der Waals surface area contributed by atoms with Gasteiger partial charge < -0.3 is 15.1 Å². The van der Waals surface area contributed by atoms with Crippen molar-refractivity contribution in [2.45, 2.75) is 0 Å². The molecule has 2 aromatic carbocycles. The number of hydrogen-bond acceptors (Lipinski definition) is 6. The maximum Gasteiger partial charge on any atom is 0.341 e. The van der Waals surface area contributed by atoms with E-state index in [1.165, 1.54) is 12.3 Å². The van der Waals surface area contributed by atoms with E-state index in [2.05, 4.69) is 5.43 Å². The predicted molar refractivity (Wildman–Crippen MR) is 107 cm³/mol. The Kier molecular flexibility index (Phi) is 5.01. The number of carboxylic acid groups (broad SMARTS) is 1. The number of carboxylic acids is 1. The second-order valence-electron chi connectivity index (χ2n) is 6.87. The number of aromatic nitrogens is 1. The second kappa shape index (κ2) is 7.63. The standard InChI is InChI=1S/C20H20FN5O3/c21-16-10-14-18(11-17(16)23-25-8-6-24(22)7-9-25)26(13-4-2-1-3-5-13)12-15(19(14)27)20(28)29/h1-5,10-12,23H,6-9,22H2,(H,28,29). The van der Waals surface area contributed by atoms with Crippen molar-refractivity contribution in [2.75, 3.05) is 31.6 Å². The molecule has 29 heavy (non-hydrogen) atoms. The number of hydrogen-bond donors (Lipinski definition) is 3. The molecule has 150 valence electrons. The van der Waals surface area contributed by atoms with E-state index in [4.69, 9.17) is 5.84 Å². The van der Waals surface area contributed by atoms with Crippen LogP contribution in [0.15, 0.2) is 53.5 Å². The van der Waals surface area contributed by atoms with Crippen LogP contribution >= 0.6 is 0 Å². The van der Waals surface area contributed by atoms with Crippen LogP contribution in [0.4, 0.5) is 10.1 Å². The first-order chi connectivity index (χ1) is 13.9. The van der Waals surface area contributed by atoms with Gasteiger partial charge in [-0.2, -0.15) is 0 Å². The van der Waals surface area contributed by atoms with Crippen molar-refractivity contribution >= 4 is 22.6 Å². The fourth-order valence-corrected chi connectivity index (χ4v) is 3.39. The fourth-order valence-electron chi connectivity index (χ4n) is 3.39. The van der Waals surface area contributed by atoms with Crippen LogP contribution in [0.2, 0.25) is 0 Å². The summed E-state index contributed by atoms with van der Waals surface area (Å²) in [6.07, 6.45) is 1.28. The molecule has 4 rings (SSSR count). The molecule has 9 heteroatoms. The number of rotatable bonds is 4. The van der Waals surface area contributed by atoms with Crippen LogP contribution in [-0.4, -0.2) is 51.8 Å². The third-order valence-corrected chi connectivity index (χ3v) is 4.95. The Hall–Kier alpha value is -3.27. The first-order valence-electron chi connectivity index (χ1n) is 9.13. The van der Waals surface area contributed by atoms with Crippen molar-refractivity contribution < 1.29 is 14.3 Å². The number of anilines is 1. The number of pyridine rings is 1. The average Bonchev–Trinajstić information content (AvgIpc) is 2.71. The van der Waals surface area contributed by atoms with Gasteiger partial charge in [0.25, 0.3) is 0 Å². The molecule has 0 aliphatic carbocycles. The summed E-state index contributed by atoms with van der Waals surface area (Å²) < 4.78 is 16.4. The van der Waals surface area contributed by atoms with E-state index in [9.17, 15) is 19.1 Å². The molecule has 1 saturated heterocycles. The number of halogens is 1. The molecule has 1 fully saturated rings. The summed E-state index contributed by atoms with van der Waals surface area (Å²) in [4.78, 5) is 24.2. The zero-order valence-electron chi connectivity index (χ0n) is 15.5. The number of carbonyl (C=O) groups is 1. The van der Waals surface area contributed by atoms with Crippen molar-refractivity contribution in [2.24, 2.45) is 5.84 Å². The van der Waals surface area contributed by atoms with Gasteiger partial charge in [0.05, 0.1) is 11.2 Å². The van der Waals surface area contributed by atoms with Crippen molar-refractivity contribution in [1.29, 1.82) is 0 Å². The van der Waals surface area contributed by atoms with Crippen LogP contribution in [-0.2, 0) is 0 Å². The molecule has 4 N–H and O–H groups in total. The highest BCUT2D eigenvalue weighted by molar-refractivity contribution is 5.94. The Bertz CT molecular complexity index is 1120.